The number of aliphatic hydroxyl groups excluding tert-OH is 1. The molecule has 0 aromatic heterocycles. The predicted octanol–water partition coefficient (Wildman–Crippen LogP) is 2.13. The quantitative estimate of drug-likeness (QED) is 0.833. The van der Waals surface area contributed by atoms with Crippen molar-refractivity contribution in [3.05, 3.63) is 65.7 Å². The molecule has 0 aliphatic carbocycles. The number of rotatable bonds is 6. The number of hydrogen-bond donors (Lipinski definition) is 2. The van der Waals surface area contributed by atoms with Gasteiger partial charge in [0.25, 0.3) is 0 Å². The molecule has 0 saturated carbocycles. The number of benzene rings is 2. The van der Waals surface area contributed by atoms with E-state index in [9.17, 15) is 0 Å². The van der Waals surface area contributed by atoms with Crippen molar-refractivity contribution in [2.24, 2.45) is 5.73 Å². The first-order valence-electron chi connectivity index (χ1n) is 6.40. The second-order valence-corrected chi connectivity index (χ2v) is 4.57. The first-order valence-corrected chi connectivity index (χ1v) is 6.40. The van der Waals surface area contributed by atoms with Gasteiger partial charge in [-0.25, -0.2) is 0 Å². The summed E-state index contributed by atoms with van der Waals surface area (Å²) in [5.74, 6) is 0.838. The predicted molar refractivity (Wildman–Crippen MR) is 76.0 cm³/mol. The fourth-order valence-electron chi connectivity index (χ4n) is 1.83. The molecule has 3 nitrogen and oxygen atoms in total. The van der Waals surface area contributed by atoms with Gasteiger partial charge in [0.15, 0.2) is 0 Å². The van der Waals surface area contributed by atoms with Gasteiger partial charge in [-0.05, 0) is 29.7 Å². The molecule has 0 radical (unpaired) electrons. The van der Waals surface area contributed by atoms with Crippen molar-refractivity contribution < 1.29 is 9.84 Å². The number of aliphatic hydroxyl groups is 1. The molecule has 0 bridgehead atoms. The van der Waals surface area contributed by atoms with Crippen LogP contribution in [0.5, 0.6) is 5.75 Å². The normalized spacial score (nSPS) is 12.1. The molecule has 2 aromatic carbocycles. The van der Waals surface area contributed by atoms with Crippen LogP contribution in [-0.4, -0.2) is 17.8 Å². The second kappa shape index (κ2) is 6.92. The Kier molecular flexibility index (Phi) is 4.95. The number of hydrogen-bond acceptors (Lipinski definition) is 3. The Morgan fingerprint density at radius 3 is 2.26 bits per heavy atom. The highest BCUT2D eigenvalue weighted by atomic mass is 16.5. The Morgan fingerprint density at radius 1 is 0.947 bits per heavy atom. The Balaban J connectivity index is 1.88. The zero-order chi connectivity index (χ0) is 13.5. The topological polar surface area (TPSA) is 55.5 Å². The average Bonchev–Trinajstić information content (AvgIpc) is 2.47. The Bertz CT molecular complexity index is 482. The molecule has 0 heterocycles. The van der Waals surface area contributed by atoms with Gasteiger partial charge >= 0.3 is 0 Å². The first kappa shape index (κ1) is 13.6. The summed E-state index contributed by atoms with van der Waals surface area (Å²) < 4.78 is 5.70. The van der Waals surface area contributed by atoms with Crippen LogP contribution in [0, 0.1) is 0 Å². The minimum absolute atomic E-state index is 0.00621. The molecular weight excluding hydrogens is 238 g/mol. The Labute approximate surface area is 113 Å². The molecule has 0 aliphatic rings. The molecule has 0 amide bonds. The van der Waals surface area contributed by atoms with Crippen molar-refractivity contribution in [1.82, 2.24) is 0 Å². The molecule has 3 N–H and O–H groups in total. The number of nitrogens with two attached hydrogens (primary N) is 1. The molecule has 2 rings (SSSR count). The highest BCUT2D eigenvalue weighted by Gasteiger charge is 2.02. The fourth-order valence-corrected chi connectivity index (χ4v) is 1.83. The zero-order valence-corrected chi connectivity index (χ0v) is 10.8. The summed E-state index contributed by atoms with van der Waals surface area (Å²) in [4.78, 5) is 0. The minimum atomic E-state index is -0.198. The second-order valence-electron chi connectivity index (χ2n) is 4.57. The van der Waals surface area contributed by atoms with E-state index in [0.717, 1.165) is 16.9 Å². The maximum Gasteiger partial charge on any atom is 0.119 e. The SMILES string of the molecule is N[C@H](CO)Cc1ccc(OCc2ccccc2)cc1. The van der Waals surface area contributed by atoms with Crippen LogP contribution < -0.4 is 10.5 Å². The van der Waals surface area contributed by atoms with Crippen molar-refractivity contribution in [1.29, 1.82) is 0 Å². The van der Waals surface area contributed by atoms with Gasteiger partial charge in [0.2, 0.25) is 0 Å². The van der Waals surface area contributed by atoms with Crippen molar-refractivity contribution in [2.75, 3.05) is 6.61 Å². The van der Waals surface area contributed by atoms with Gasteiger partial charge in [-0.1, -0.05) is 42.5 Å². The van der Waals surface area contributed by atoms with Crippen molar-refractivity contribution in [3.63, 3.8) is 0 Å². The van der Waals surface area contributed by atoms with Crippen LogP contribution in [0.25, 0.3) is 0 Å². The van der Waals surface area contributed by atoms with Crippen molar-refractivity contribution in [2.45, 2.75) is 19.1 Å². The minimum Gasteiger partial charge on any atom is -0.489 e. The summed E-state index contributed by atoms with van der Waals surface area (Å²) in [5.41, 5.74) is 7.95. The molecule has 100 valence electrons. The Hall–Kier alpha value is -1.84. The van der Waals surface area contributed by atoms with Crippen LogP contribution in [0.15, 0.2) is 54.6 Å². The third kappa shape index (κ3) is 4.39. The van der Waals surface area contributed by atoms with Crippen LogP contribution in [0.1, 0.15) is 11.1 Å². The summed E-state index contributed by atoms with van der Waals surface area (Å²) in [5, 5.41) is 8.91. The molecule has 19 heavy (non-hydrogen) atoms. The lowest BCUT2D eigenvalue weighted by Crippen LogP contribution is -2.26. The van der Waals surface area contributed by atoms with Gasteiger partial charge in [-0.15, -0.1) is 0 Å². The van der Waals surface area contributed by atoms with Gasteiger partial charge in [-0.3, -0.25) is 0 Å². The van der Waals surface area contributed by atoms with Gasteiger partial charge in [0, 0.05) is 6.04 Å². The highest BCUT2D eigenvalue weighted by Crippen LogP contribution is 2.15. The highest BCUT2D eigenvalue weighted by molar-refractivity contribution is 5.28. The van der Waals surface area contributed by atoms with Crippen molar-refractivity contribution >= 4 is 0 Å². The largest absolute Gasteiger partial charge is 0.489 e. The maximum atomic E-state index is 8.91. The molecule has 1 atom stereocenters. The van der Waals surface area contributed by atoms with E-state index in [-0.39, 0.29) is 12.6 Å². The maximum absolute atomic E-state index is 8.91. The monoisotopic (exact) mass is 257 g/mol. The van der Waals surface area contributed by atoms with E-state index in [1.165, 1.54) is 0 Å². The lowest BCUT2D eigenvalue weighted by Gasteiger charge is -2.10. The smallest absolute Gasteiger partial charge is 0.119 e. The van der Waals surface area contributed by atoms with Gasteiger partial charge in [0.1, 0.15) is 12.4 Å². The van der Waals surface area contributed by atoms with Gasteiger partial charge in [-0.2, -0.15) is 0 Å². The van der Waals surface area contributed by atoms with Crippen LogP contribution in [0.3, 0.4) is 0 Å². The molecule has 0 spiro atoms. The van der Waals surface area contributed by atoms with E-state index in [2.05, 4.69) is 0 Å². The van der Waals surface area contributed by atoms with E-state index in [1.807, 2.05) is 54.6 Å². The van der Waals surface area contributed by atoms with Crippen LogP contribution in [0.2, 0.25) is 0 Å². The lowest BCUT2D eigenvalue weighted by molar-refractivity contribution is 0.265. The average molecular weight is 257 g/mol. The molecule has 3 heteroatoms. The third-order valence-electron chi connectivity index (χ3n) is 2.90. The molecule has 0 fully saturated rings. The Morgan fingerprint density at radius 2 is 1.63 bits per heavy atom. The third-order valence-corrected chi connectivity index (χ3v) is 2.90. The van der Waals surface area contributed by atoms with Crippen LogP contribution in [0.4, 0.5) is 0 Å². The van der Waals surface area contributed by atoms with Crippen LogP contribution in [-0.2, 0) is 13.0 Å². The molecule has 0 saturated heterocycles. The van der Waals surface area contributed by atoms with E-state index in [1.54, 1.807) is 0 Å². The molecule has 2 aromatic rings. The van der Waals surface area contributed by atoms with E-state index < -0.39 is 0 Å². The van der Waals surface area contributed by atoms with Crippen molar-refractivity contribution in [3.8, 4) is 5.75 Å². The molecule has 0 aliphatic heterocycles. The first-order chi connectivity index (χ1) is 9.28. The standard InChI is InChI=1S/C16H19NO2/c17-15(11-18)10-13-6-8-16(9-7-13)19-12-14-4-2-1-3-5-14/h1-9,15,18H,10-12,17H2/t15-/m0/s1. The summed E-state index contributed by atoms with van der Waals surface area (Å²) in [6, 6.07) is 17.7. The van der Waals surface area contributed by atoms with E-state index >= 15 is 0 Å². The number of ether oxygens (including phenoxy) is 1. The molecule has 0 unspecified atom stereocenters. The summed E-state index contributed by atoms with van der Waals surface area (Å²) >= 11 is 0. The van der Waals surface area contributed by atoms with Crippen LogP contribution >= 0.6 is 0 Å². The van der Waals surface area contributed by atoms with Gasteiger partial charge in [0.05, 0.1) is 6.61 Å². The summed E-state index contributed by atoms with van der Waals surface area (Å²) in [6.07, 6.45) is 0.676. The molecular formula is C16H19NO2. The summed E-state index contributed by atoms with van der Waals surface area (Å²) in [6.45, 7) is 0.572. The van der Waals surface area contributed by atoms with E-state index in [4.69, 9.17) is 15.6 Å². The van der Waals surface area contributed by atoms with E-state index in [0.29, 0.717) is 13.0 Å². The lowest BCUT2D eigenvalue weighted by atomic mass is 10.1. The van der Waals surface area contributed by atoms with Gasteiger partial charge < -0.3 is 15.6 Å². The zero-order valence-electron chi connectivity index (χ0n) is 10.8. The fraction of sp³-hybridized carbons (Fsp3) is 0.250. The summed E-state index contributed by atoms with van der Waals surface area (Å²) in [7, 11) is 0.